The van der Waals surface area contributed by atoms with Crippen molar-refractivity contribution in [1.82, 2.24) is 0 Å². The fourth-order valence-electron chi connectivity index (χ4n) is 6.66. The Bertz CT molecular complexity index is 550. The number of rotatable bonds is 0. The Labute approximate surface area is 144 Å². The van der Waals surface area contributed by atoms with Crippen LogP contribution in [-0.4, -0.2) is 40.9 Å². The van der Waals surface area contributed by atoms with Crippen molar-refractivity contribution in [2.75, 3.05) is 13.2 Å². The number of allylic oxidation sites excluding steroid dienone is 1. The van der Waals surface area contributed by atoms with Gasteiger partial charge in [0.25, 0.3) is 0 Å². The molecule has 0 amide bonds. The van der Waals surface area contributed by atoms with E-state index in [1.807, 2.05) is 0 Å². The highest BCUT2D eigenvalue weighted by Crippen LogP contribution is 2.57. The second-order valence-corrected chi connectivity index (χ2v) is 8.83. The van der Waals surface area contributed by atoms with Crippen LogP contribution in [0.5, 0.6) is 0 Å². The van der Waals surface area contributed by atoms with Crippen molar-refractivity contribution < 1.29 is 19.7 Å². The normalized spacial score (nSPS) is 47.2. The highest BCUT2D eigenvalue weighted by atomic mass is 16.7. The lowest BCUT2D eigenvalue weighted by Gasteiger charge is -2.53. The monoisotopic (exact) mass is 334 g/mol. The summed E-state index contributed by atoms with van der Waals surface area (Å²) in [5, 5.41) is 21.7. The van der Waals surface area contributed by atoms with Crippen LogP contribution in [0.25, 0.3) is 0 Å². The van der Waals surface area contributed by atoms with Gasteiger partial charge in [0.2, 0.25) is 0 Å². The molecule has 5 unspecified atom stereocenters. The van der Waals surface area contributed by atoms with Crippen LogP contribution in [0.4, 0.5) is 0 Å². The highest BCUT2D eigenvalue weighted by molar-refractivity contribution is 5.34. The van der Waals surface area contributed by atoms with E-state index in [-0.39, 0.29) is 6.10 Å². The molecular weight excluding hydrogens is 304 g/mol. The van der Waals surface area contributed by atoms with E-state index < -0.39 is 11.4 Å². The average Bonchev–Trinajstić information content (AvgIpc) is 2.96. The molecule has 4 nitrogen and oxygen atoms in total. The molecule has 1 heterocycles. The van der Waals surface area contributed by atoms with E-state index in [1.54, 1.807) is 5.57 Å². The lowest BCUT2D eigenvalue weighted by molar-refractivity contribution is -0.295. The van der Waals surface area contributed by atoms with Crippen LogP contribution in [0.3, 0.4) is 0 Å². The number of hydrogen-bond donors (Lipinski definition) is 2. The standard InChI is InChI=1S/C20H30O4/c21-18-5-4-13-14-6-8-19(22)12-20(23-10-1-11-24-20)9-7-17(19)15(14)2-3-16(13)18/h13-14,16,18,21-22H,1-12H2. The van der Waals surface area contributed by atoms with Gasteiger partial charge in [-0.25, -0.2) is 0 Å². The van der Waals surface area contributed by atoms with Crippen molar-refractivity contribution in [2.24, 2.45) is 17.8 Å². The number of hydrogen-bond acceptors (Lipinski definition) is 4. The predicted molar refractivity (Wildman–Crippen MR) is 89.3 cm³/mol. The summed E-state index contributed by atoms with van der Waals surface area (Å²) in [5.74, 6) is 1.23. The Morgan fingerprint density at radius 3 is 2.58 bits per heavy atom. The van der Waals surface area contributed by atoms with Gasteiger partial charge in [0.15, 0.2) is 5.79 Å². The summed E-state index contributed by atoms with van der Waals surface area (Å²) >= 11 is 0. The minimum Gasteiger partial charge on any atom is -0.393 e. The molecule has 1 saturated heterocycles. The van der Waals surface area contributed by atoms with E-state index in [2.05, 4.69) is 0 Å². The molecule has 5 atom stereocenters. The maximum atomic E-state index is 11.5. The maximum Gasteiger partial charge on any atom is 0.171 e. The smallest absolute Gasteiger partial charge is 0.171 e. The molecule has 24 heavy (non-hydrogen) atoms. The van der Waals surface area contributed by atoms with E-state index in [4.69, 9.17) is 9.47 Å². The van der Waals surface area contributed by atoms with E-state index >= 15 is 0 Å². The second kappa shape index (κ2) is 5.54. The van der Waals surface area contributed by atoms with Crippen molar-refractivity contribution in [3.63, 3.8) is 0 Å². The summed E-state index contributed by atoms with van der Waals surface area (Å²) in [6.07, 6.45) is 9.53. The van der Waals surface area contributed by atoms with Gasteiger partial charge in [-0.3, -0.25) is 0 Å². The highest BCUT2D eigenvalue weighted by Gasteiger charge is 2.54. The summed E-state index contributed by atoms with van der Waals surface area (Å²) in [6, 6.07) is 0. The Hall–Kier alpha value is -0.420. The Morgan fingerprint density at radius 2 is 1.75 bits per heavy atom. The fourth-order valence-corrected chi connectivity index (χ4v) is 6.66. The van der Waals surface area contributed by atoms with Crippen molar-refractivity contribution in [2.45, 2.75) is 81.7 Å². The molecule has 134 valence electrons. The van der Waals surface area contributed by atoms with Gasteiger partial charge in [0, 0.05) is 12.8 Å². The van der Waals surface area contributed by atoms with Gasteiger partial charge < -0.3 is 19.7 Å². The molecule has 0 aromatic carbocycles. The molecule has 0 aromatic heterocycles. The molecule has 5 rings (SSSR count). The summed E-state index contributed by atoms with van der Waals surface area (Å²) in [4.78, 5) is 0. The quantitative estimate of drug-likeness (QED) is 0.669. The number of aliphatic hydroxyl groups excluding tert-OH is 1. The Balaban J connectivity index is 1.45. The third-order valence-electron chi connectivity index (χ3n) is 7.71. The summed E-state index contributed by atoms with van der Waals surface area (Å²) < 4.78 is 12.0. The van der Waals surface area contributed by atoms with Crippen molar-refractivity contribution in [1.29, 1.82) is 0 Å². The molecule has 4 heteroatoms. The van der Waals surface area contributed by atoms with Gasteiger partial charge in [-0.05, 0) is 74.7 Å². The first-order valence-corrected chi connectivity index (χ1v) is 10.0. The first kappa shape index (κ1) is 15.8. The van der Waals surface area contributed by atoms with Gasteiger partial charge >= 0.3 is 0 Å². The molecule has 3 saturated carbocycles. The SMILES string of the molecule is OC1CCC2C3CCC4(O)CC5(CCC4=C3CCC12)OCCCO5. The molecule has 4 aliphatic carbocycles. The molecular formula is C20H30O4. The largest absolute Gasteiger partial charge is 0.393 e. The zero-order valence-electron chi connectivity index (χ0n) is 14.5. The van der Waals surface area contributed by atoms with Gasteiger partial charge in [-0.15, -0.1) is 0 Å². The molecule has 4 fully saturated rings. The van der Waals surface area contributed by atoms with Crippen LogP contribution in [0.2, 0.25) is 0 Å². The van der Waals surface area contributed by atoms with Crippen LogP contribution < -0.4 is 0 Å². The number of fused-ring (bicyclic) bond motifs is 4. The molecule has 5 aliphatic rings. The molecule has 0 bridgehead atoms. The van der Waals surface area contributed by atoms with Gasteiger partial charge in [0.05, 0.1) is 24.9 Å². The van der Waals surface area contributed by atoms with Crippen molar-refractivity contribution in [3.8, 4) is 0 Å². The van der Waals surface area contributed by atoms with Crippen LogP contribution in [-0.2, 0) is 9.47 Å². The molecule has 0 radical (unpaired) electrons. The average molecular weight is 334 g/mol. The first-order chi connectivity index (χ1) is 11.6. The van der Waals surface area contributed by atoms with E-state index in [1.165, 1.54) is 12.0 Å². The fraction of sp³-hybridized carbons (Fsp3) is 0.900. The van der Waals surface area contributed by atoms with Gasteiger partial charge in [-0.1, -0.05) is 5.57 Å². The Morgan fingerprint density at radius 1 is 0.917 bits per heavy atom. The topological polar surface area (TPSA) is 58.9 Å². The summed E-state index contributed by atoms with van der Waals surface area (Å²) in [7, 11) is 0. The predicted octanol–water partition coefficient (Wildman–Crippen LogP) is 2.92. The maximum absolute atomic E-state index is 11.5. The Kier molecular flexibility index (Phi) is 3.65. The number of ether oxygens (including phenoxy) is 2. The van der Waals surface area contributed by atoms with E-state index in [0.29, 0.717) is 24.2 Å². The first-order valence-electron chi connectivity index (χ1n) is 10.0. The summed E-state index contributed by atoms with van der Waals surface area (Å²) in [6.45, 7) is 1.51. The third-order valence-corrected chi connectivity index (χ3v) is 7.71. The molecule has 2 N–H and O–H groups in total. The minimum absolute atomic E-state index is 0.0824. The zero-order valence-corrected chi connectivity index (χ0v) is 14.5. The number of aliphatic hydroxyl groups is 2. The zero-order chi connectivity index (χ0) is 16.4. The lowest BCUT2D eigenvalue weighted by atomic mass is 9.59. The molecule has 0 aromatic rings. The van der Waals surface area contributed by atoms with Gasteiger partial charge in [-0.2, -0.15) is 0 Å². The van der Waals surface area contributed by atoms with Crippen LogP contribution in [0, 0.1) is 17.8 Å². The van der Waals surface area contributed by atoms with E-state index in [0.717, 1.165) is 64.6 Å². The summed E-state index contributed by atoms with van der Waals surface area (Å²) in [5.41, 5.74) is 2.15. The van der Waals surface area contributed by atoms with Gasteiger partial charge in [0.1, 0.15) is 0 Å². The van der Waals surface area contributed by atoms with Crippen LogP contribution in [0.15, 0.2) is 11.1 Å². The van der Waals surface area contributed by atoms with Crippen LogP contribution in [0.1, 0.15) is 64.2 Å². The third kappa shape index (κ3) is 2.26. The lowest BCUT2D eigenvalue weighted by Crippen LogP contribution is -2.54. The second-order valence-electron chi connectivity index (χ2n) is 8.83. The molecule has 1 spiro atoms. The van der Waals surface area contributed by atoms with Crippen molar-refractivity contribution in [3.05, 3.63) is 11.1 Å². The minimum atomic E-state index is -0.717. The van der Waals surface area contributed by atoms with Crippen LogP contribution >= 0.6 is 0 Å². The van der Waals surface area contributed by atoms with Crippen molar-refractivity contribution >= 4 is 0 Å². The molecule has 1 aliphatic heterocycles. The van der Waals surface area contributed by atoms with E-state index in [9.17, 15) is 10.2 Å².